The van der Waals surface area contributed by atoms with Crippen LogP contribution in [0.5, 0.6) is 5.75 Å². The van der Waals surface area contributed by atoms with Gasteiger partial charge in [-0.3, -0.25) is 9.68 Å². The number of rotatable bonds is 0. The molecule has 2 aliphatic heterocycles. The van der Waals surface area contributed by atoms with Crippen molar-refractivity contribution in [2.75, 3.05) is 13.2 Å². The van der Waals surface area contributed by atoms with E-state index in [1.165, 1.54) is 4.90 Å². The maximum Gasteiger partial charge on any atom is 0.376 e. The van der Waals surface area contributed by atoms with Gasteiger partial charge in [0, 0.05) is 15.6 Å². The van der Waals surface area contributed by atoms with Gasteiger partial charge < -0.3 is 9.64 Å². The predicted molar refractivity (Wildman–Crippen MR) is 86.4 cm³/mol. The summed E-state index contributed by atoms with van der Waals surface area (Å²) in [6.45, 7) is 0.548. The van der Waals surface area contributed by atoms with Crippen LogP contribution in [0.1, 0.15) is 32.5 Å². The van der Waals surface area contributed by atoms with E-state index in [-0.39, 0.29) is 18.1 Å². The first kappa shape index (κ1) is 15.2. The molecule has 24 heavy (non-hydrogen) atoms. The number of hydrogen-bond donors (Lipinski definition) is 0. The van der Waals surface area contributed by atoms with Gasteiger partial charge in [-0.05, 0) is 24.3 Å². The minimum Gasteiger partial charge on any atom is -0.491 e. The summed E-state index contributed by atoms with van der Waals surface area (Å²) in [7, 11) is 0. The van der Waals surface area contributed by atoms with Crippen molar-refractivity contribution >= 4 is 27.8 Å². The third-order valence-electron chi connectivity index (χ3n) is 3.97. The quantitative estimate of drug-likeness (QED) is 0.647. The number of amides is 1. The van der Waals surface area contributed by atoms with Crippen LogP contribution in [0.2, 0.25) is 0 Å². The summed E-state index contributed by atoms with van der Waals surface area (Å²) in [5.74, 6) is -0.466. The molecule has 6 nitrogen and oxygen atoms in total. The first-order valence-electron chi connectivity index (χ1n) is 7.35. The molecular formula is C17H12BrNO5. The highest BCUT2D eigenvalue weighted by Crippen LogP contribution is 2.35. The fourth-order valence-electron chi connectivity index (χ4n) is 2.83. The molecule has 4 rings (SSSR count). The molecule has 0 fully saturated rings. The first-order chi connectivity index (χ1) is 11.6. The standard InChI is InChI=1S/C17H12BrNO5/c18-10-5-6-14-13(9-10)17(21)24-23-16-12-4-2-1-3-11(12)15(20)19(16)7-8-22-14/h1-6,9,16H,7-8H2. The molecule has 1 amide bonds. The van der Waals surface area contributed by atoms with E-state index in [4.69, 9.17) is 14.5 Å². The van der Waals surface area contributed by atoms with Gasteiger partial charge in [0.25, 0.3) is 5.91 Å². The van der Waals surface area contributed by atoms with Crippen molar-refractivity contribution in [3.05, 3.63) is 63.6 Å². The Balaban J connectivity index is 1.69. The zero-order chi connectivity index (χ0) is 16.7. The molecule has 0 aromatic heterocycles. The fourth-order valence-corrected chi connectivity index (χ4v) is 3.20. The van der Waals surface area contributed by atoms with E-state index in [9.17, 15) is 9.59 Å². The number of benzene rings is 2. The van der Waals surface area contributed by atoms with Crippen LogP contribution >= 0.6 is 15.9 Å². The molecule has 7 heteroatoms. The van der Waals surface area contributed by atoms with Crippen LogP contribution in [0.15, 0.2) is 46.9 Å². The minimum atomic E-state index is -0.769. The van der Waals surface area contributed by atoms with Gasteiger partial charge in [-0.25, -0.2) is 4.79 Å². The number of carbonyl (C=O) groups is 2. The normalized spacial score (nSPS) is 19.7. The number of carbonyl (C=O) groups excluding carboxylic acids is 2. The highest BCUT2D eigenvalue weighted by molar-refractivity contribution is 9.10. The van der Waals surface area contributed by atoms with E-state index in [0.29, 0.717) is 23.4 Å². The lowest BCUT2D eigenvalue weighted by Crippen LogP contribution is -2.34. The molecule has 122 valence electrons. The number of ether oxygens (including phenoxy) is 1. The SMILES string of the molecule is O=C1OOC2c3ccccc3C(=O)N2CCOc2ccc(Br)cc21. The van der Waals surface area contributed by atoms with Crippen LogP contribution in [0.25, 0.3) is 0 Å². The van der Waals surface area contributed by atoms with Crippen molar-refractivity contribution < 1.29 is 24.1 Å². The first-order valence-corrected chi connectivity index (χ1v) is 8.14. The maximum atomic E-state index is 12.5. The molecule has 1 atom stereocenters. The van der Waals surface area contributed by atoms with Crippen LogP contribution in [0, 0.1) is 0 Å². The Bertz CT molecular complexity index is 837. The fraction of sp³-hybridized carbons (Fsp3) is 0.176. The lowest BCUT2D eigenvalue weighted by atomic mass is 10.1. The van der Waals surface area contributed by atoms with Gasteiger partial charge in [0.05, 0.1) is 6.54 Å². The average molecular weight is 390 g/mol. The second-order valence-corrected chi connectivity index (χ2v) is 6.31. The Kier molecular flexibility index (Phi) is 3.74. The zero-order valence-electron chi connectivity index (χ0n) is 12.4. The summed E-state index contributed by atoms with van der Waals surface area (Å²) in [6.07, 6.45) is -0.769. The number of nitrogens with zero attached hydrogens (tertiary/aromatic N) is 1. The third-order valence-corrected chi connectivity index (χ3v) is 4.46. The van der Waals surface area contributed by atoms with Crippen molar-refractivity contribution in [1.82, 2.24) is 4.90 Å². The Morgan fingerprint density at radius 3 is 2.79 bits per heavy atom. The Hall–Kier alpha value is -2.38. The summed E-state index contributed by atoms with van der Waals surface area (Å²) in [6, 6.07) is 12.1. The van der Waals surface area contributed by atoms with Gasteiger partial charge in [0.1, 0.15) is 17.9 Å². The molecule has 0 N–H and O–H groups in total. The molecule has 2 aliphatic rings. The van der Waals surface area contributed by atoms with Crippen LogP contribution in [-0.4, -0.2) is 29.9 Å². The topological polar surface area (TPSA) is 65.1 Å². The predicted octanol–water partition coefficient (Wildman–Crippen LogP) is 3.08. The van der Waals surface area contributed by atoms with Crippen LogP contribution in [0.3, 0.4) is 0 Å². The molecule has 0 spiro atoms. The van der Waals surface area contributed by atoms with Crippen molar-refractivity contribution in [2.45, 2.75) is 6.23 Å². The summed E-state index contributed by atoms with van der Waals surface area (Å²) in [5, 5.41) is 0. The van der Waals surface area contributed by atoms with Crippen molar-refractivity contribution in [3.8, 4) is 5.75 Å². The number of halogens is 1. The van der Waals surface area contributed by atoms with Crippen molar-refractivity contribution in [1.29, 1.82) is 0 Å². The molecule has 0 bridgehead atoms. The van der Waals surface area contributed by atoms with E-state index in [1.54, 1.807) is 36.4 Å². The molecule has 0 radical (unpaired) electrons. The lowest BCUT2D eigenvalue weighted by molar-refractivity contribution is -0.303. The van der Waals surface area contributed by atoms with Gasteiger partial charge in [-0.2, -0.15) is 4.89 Å². The lowest BCUT2D eigenvalue weighted by Gasteiger charge is -2.25. The molecule has 2 heterocycles. The second-order valence-electron chi connectivity index (χ2n) is 5.39. The molecule has 0 saturated heterocycles. The van der Waals surface area contributed by atoms with E-state index in [0.717, 1.165) is 4.47 Å². The molecule has 2 aromatic carbocycles. The molecule has 0 saturated carbocycles. The molecular weight excluding hydrogens is 378 g/mol. The van der Waals surface area contributed by atoms with Crippen LogP contribution < -0.4 is 4.74 Å². The summed E-state index contributed by atoms with van der Waals surface area (Å²) >= 11 is 3.32. The van der Waals surface area contributed by atoms with Gasteiger partial charge in [0.2, 0.25) is 6.23 Å². The molecule has 0 aliphatic carbocycles. The van der Waals surface area contributed by atoms with Crippen molar-refractivity contribution in [3.63, 3.8) is 0 Å². The summed E-state index contributed by atoms with van der Waals surface area (Å²) in [5.41, 5.74) is 1.47. The Labute approximate surface area is 146 Å². The van der Waals surface area contributed by atoms with Crippen LogP contribution in [0.4, 0.5) is 0 Å². The van der Waals surface area contributed by atoms with Crippen molar-refractivity contribution in [2.24, 2.45) is 0 Å². The Morgan fingerprint density at radius 1 is 1.08 bits per heavy atom. The van der Waals surface area contributed by atoms with Gasteiger partial charge >= 0.3 is 5.97 Å². The van der Waals surface area contributed by atoms with Gasteiger partial charge in [-0.1, -0.05) is 34.1 Å². The molecule has 2 aromatic rings. The van der Waals surface area contributed by atoms with E-state index < -0.39 is 12.2 Å². The average Bonchev–Trinajstić information content (AvgIpc) is 2.86. The summed E-state index contributed by atoms with van der Waals surface area (Å²) in [4.78, 5) is 36.6. The van der Waals surface area contributed by atoms with Gasteiger partial charge in [-0.15, -0.1) is 0 Å². The van der Waals surface area contributed by atoms with E-state index in [2.05, 4.69) is 15.9 Å². The number of fused-ring (bicyclic) bond motifs is 4. The van der Waals surface area contributed by atoms with Crippen LogP contribution in [-0.2, 0) is 9.78 Å². The minimum absolute atomic E-state index is 0.174. The highest BCUT2D eigenvalue weighted by atomic mass is 79.9. The maximum absolute atomic E-state index is 12.5. The smallest absolute Gasteiger partial charge is 0.376 e. The second kappa shape index (κ2) is 5.92. The molecule has 1 unspecified atom stereocenters. The number of hydrogen-bond acceptors (Lipinski definition) is 5. The highest BCUT2D eigenvalue weighted by Gasteiger charge is 2.39. The third kappa shape index (κ3) is 2.46. The largest absolute Gasteiger partial charge is 0.491 e. The van der Waals surface area contributed by atoms with Gasteiger partial charge in [0.15, 0.2) is 0 Å². The van der Waals surface area contributed by atoms with E-state index >= 15 is 0 Å². The zero-order valence-corrected chi connectivity index (χ0v) is 14.0. The summed E-state index contributed by atoms with van der Waals surface area (Å²) < 4.78 is 6.40. The van der Waals surface area contributed by atoms with E-state index in [1.807, 2.05) is 6.07 Å². The Morgan fingerprint density at radius 2 is 1.92 bits per heavy atom. The monoisotopic (exact) mass is 389 g/mol.